The van der Waals surface area contributed by atoms with Crippen LogP contribution in [-0.2, 0) is 0 Å². The van der Waals surface area contributed by atoms with Crippen LogP contribution in [0.25, 0.3) is 6.08 Å². The Morgan fingerprint density at radius 1 is 1.08 bits per heavy atom. The summed E-state index contributed by atoms with van der Waals surface area (Å²) in [7, 11) is 0. The van der Waals surface area contributed by atoms with Crippen molar-refractivity contribution in [3.8, 4) is 5.75 Å². The van der Waals surface area contributed by atoms with Gasteiger partial charge in [-0.05, 0) is 57.1 Å². The Hall–Kier alpha value is -2.42. The molecule has 138 valence electrons. The van der Waals surface area contributed by atoms with Gasteiger partial charge in [0.05, 0.1) is 5.56 Å². The van der Waals surface area contributed by atoms with E-state index in [1.807, 2.05) is 32.1 Å². The van der Waals surface area contributed by atoms with Crippen molar-refractivity contribution in [3.05, 3.63) is 78.7 Å². The van der Waals surface area contributed by atoms with Gasteiger partial charge in [0.2, 0.25) is 5.43 Å². The molecule has 0 saturated heterocycles. The zero-order valence-electron chi connectivity index (χ0n) is 16.3. The van der Waals surface area contributed by atoms with Gasteiger partial charge in [-0.3, -0.25) is 9.59 Å². The lowest BCUT2D eigenvalue weighted by molar-refractivity contribution is 0.377. The molecule has 0 saturated carbocycles. The van der Waals surface area contributed by atoms with E-state index in [0.717, 1.165) is 11.1 Å². The summed E-state index contributed by atoms with van der Waals surface area (Å²) in [5.41, 5.74) is 3.75. The van der Waals surface area contributed by atoms with Gasteiger partial charge in [0, 0.05) is 0 Å². The Morgan fingerprint density at radius 3 is 2.38 bits per heavy atom. The van der Waals surface area contributed by atoms with Crippen molar-refractivity contribution in [3.63, 3.8) is 0 Å². The molecule has 1 aliphatic carbocycles. The first-order chi connectivity index (χ1) is 12.1. The third-order valence-corrected chi connectivity index (χ3v) is 5.07. The molecule has 0 aliphatic heterocycles. The molecule has 3 nitrogen and oxygen atoms in total. The average molecular weight is 352 g/mol. The fourth-order valence-electron chi connectivity index (χ4n) is 3.44. The minimum Gasteiger partial charge on any atom is -0.504 e. The molecule has 1 aromatic rings. The lowest BCUT2D eigenvalue weighted by atomic mass is 9.72. The summed E-state index contributed by atoms with van der Waals surface area (Å²) in [6.45, 7) is 10.7. The summed E-state index contributed by atoms with van der Waals surface area (Å²) in [6.07, 6.45) is 15.3. The van der Waals surface area contributed by atoms with E-state index >= 15 is 0 Å². The van der Waals surface area contributed by atoms with Crippen LogP contribution in [0.2, 0.25) is 0 Å². The van der Waals surface area contributed by atoms with Gasteiger partial charge in [0.15, 0.2) is 5.75 Å². The molecule has 0 spiro atoms. The topological polar surface area (TPSA) is 54.4 Å². The second-order valence-corrected chi connectivity index (χ2v) is 7.84. The highest BCUT2D eigenvalue weighted by atomic mass is 16.3. The van der Waals surface area contributed by atoms with E-state index in [2.05, 4.69) is 32.9 Å². The molecule has 0 amide bonds. The molecule has 0 atom stereocenters. The van der Waals surface area contributed by atoms with Crippen LogP contribution in [0.15, 0.2) is 62.3 Å². The smallest absolute Gasteiger partial charge is 0.268 e. The molecule has 26 heavy (non-hydrogen) atoms. The number of aromatic hydroxyl groups is 1. The molecule has 1 N–H and O–H groups in total. The van der Waals surface area contributed by atoms with E-state index in [9.17, 15) is 14.7 Å². The molecule has 0 radical (unpaired) electrons. The molecule has 0 bridgehead atoms. The third-order valence-electron chi connectivity index (χ3n) is 5.07. The summed E-state index contributed by atoms with van der Waals surface area (Å²) in [5, 5.41) is 9.38. The normalized spacial score (nSPS) is 19.3. The van der Waals surface area contributed by atoms with Crippen molar-refractivity contribution in [2.24, 2.45) is 5.41 Å². The molecule has 0 heterocycles. The van der Waals surface area contributed by atoms with Crippen molar-refractivity contribution in [1.29, 1.82) is 0 Å². The summed E-state index contributed by atoms with van der Waals surface area (Å²) in [5.74, 6) is -0.434. The Kier molecular flexibility index (Phi) is 6.01. The van der Waals surface area contributed by atoms with Crippen LogP contribution in [0.5, 0.6) is 5.75 Å². The second-order valence-electron chi connectivity index (χ2n) is 7.84. The zero-order valence-corrected chi connectivity index (χ0v) is 16.3. The van der Waals surface area contributed by atoms with Gasteiger partial charge in [0.1, 0.15) is 0 Å². The van der Waals surface area contributed by atoms with Gasteiger partial charge in [-0.25, -0.2) is 0 Å². The lowest BCUT2D eigenvalue weighted by Crippen LogP contribution is -2.32. The predicted molar refractivity (Wildman–Crippen MR) is 109 cm³/mol. The monoisotopic (exact) mass is 352 g/mol. The van der Waals surface area contributed by atoms with Crippen LogP contribution in [-0.4, -0.2) is 5.11 Å². The van der Waals surface area contributed by atoms with Crippen molar-refractivity contribution in [2.75, 3.05) is 0 Å². The van der Waals surface area contributed by atoms with Gasteiger partial charge < -0.3 is 5.11 Å². The SMILES string of the molecule is CC1=C(/C=C/C(C)=C/C=C/C(C)=C/c2c(O)c(=O)c2=O)C(C)(C)CCC1. The van der Waals surface area contributed by atoms with Crippen molar-refractivity contribution >= 4 is 6.08 Å². The second kappa shape index (κ2) is 7.86. The van der Waals surface area contributed by atoms with Crippen LogP contribution in [0, 0.1) is 5.41 Å². The summed E-state index contributed by atoms with van der Waals surface area (Å²) >= 11 is 0. The van der Waals surface area contributed by atoms with Gasteiger partial charge in [0.25, 0.3) is 5.43 Å². The maximum Gasteiger partial charge on any atom is 0.268 e. The van der Waals surface area contributed by atoms with E-state index in [1.165, 1.54) is 36.5 Å². The highest BCUT2D eigenvalue weighted by molar-refractivity contribution is 5.64. The van der Waals surface area contributed by atoms with Gasteiger partial charge in [-0.15, -0.1) is 0 Å². The van der Waals surface area contributed by atoms with E-state index in [0.29, 0.717) is 0 Å². The van der Waals surface area contributed by atoms with E-state index in [1.54, 1.807) is 0 Å². The Morgan fingerprint density at radius 2 is 1.77 bits per heavy atom. The molecule has 3 heteroatoms. The quantitative estimate of drug-likeness (QED) is 0.601. The highest BCUT2D eigenvalue weighted by Crippen LogP contribution is 2.40. The molecular weight excluding hydrogens is 324 g/mol. The molecule has 1 aliphatic rings. The van der Waals surface area contributed by atoms with Crippen LogP contribution in [0.1, 0.15) is 59.4 Å². The fourth-order valence-corrected chi connectivity index (χ4v) is 3.44. The van der Waals surface area contributed by atoms with Crippen molar-refractivity contribution in [2.45, 2.75) is 53.9 Å². The van der Waals surface area contributed by atoms with E-state index < -0.39 is 16.6 Å². The first-order valence-corrected chi connectivity index (χ1v) is 9.07. The standard InChI is InChI=1S/C23H28O3/c1-15(11-12-19-17(3)10-7-13-23(19,4)5)8-6-9-16(2)14-18-20(24)22(26)21(18)25/h6,8-9,11-12,14,24H,7,10,13H2,1-5H3/b9-6+,12-11+,15-8+,16-14+. The Bertz CT molecular complexity index is 908. The number of rotatable bonds is 5. The highest BCUT2D eigenvalue weighted by Gasteiger charge is 2.26. The van der Waals surface area contributed by atoms with Crippen LogP contribution in [0.3, 0.4) is 0 Å². The predicted octanol–water partition coefficient (Wildman–Crippen LogP) is 4.98. The van der Waals surface area contributed by atoms with Crippen LogP contribution < -0.4 is 10.9 Å². The Balaban J connectivity index is 2.07. The van der Waals surface area contributed by atoms with E-state index in [4.69, 9.17) is 0 Å². The van der Waals surface area contributed by atoms with Crippen LogP contribution in [0.4, 0.5) is 0 Å². The zero-order chi connectivity index (χ0) is 19.5. The minimum atomic E-state index is -0.802. The van der Waals surface area contributed by atoms with Crippen molar-refractivity contribution in [1.82, 2.24) is 0 Å². The minimum absolute atomic E-state index is 0.0969. The summed E-state index contributed by atoms with van der Waals surface area (Å²) in [6, 6.07) is 0. The third kappa shape index (κ3) is 4.40. The van der Waals surface area contributed by atoms with Crippen LogP contribution >= 0.6 is 0 Å². The Labute approximate surface area is 155 Å². The van der Waals surface area contributed by atoms with Gasteiger partial charge in [-0.2, -0.15) is 0 Å². The molecular formula is C23H28O3. The largest absolute Gasteiger partial charge is 0.504 e. The molecule has 0 fully saturated rings. The summed E-state index contributed by atoms with van der Waals surface area (Å²) in [4.78, 5) is 22.3. The fraction of sp³-hybridized carbons (Fsp3) is 0.391. The maximum atomic E-state index is 11.3. The number of allylic oxidation sites excluding steroid dienone is 9. The first-order valence-electron chi connectivity index (χ1n) is 9.07. The molecule has 0 aromatic heterocycles. The lowest BCUT2D eigenvalue weighted by Gasteiger charge is -2.32. The average Bonchev–Trinajstić information content (AvgIpc) is 2.57. The van der Waals surface area contributed by atoms with Crippen molar-refractivity contribution < 1.29 is 5.11 Å². The summed E-state index contributed by atoms with van der Waals surface area (Å²) < 4.78 is 0. The molecule has 2 rings (SSSR count). The maximum absolute atomic E-state index is 11.3. The molecule has 0 unspecified atom stereocenters. The van der Waals surface area contributed by atoms with Gasteiger partial charge in [-0.1, -0.05) is 60.9 Å². The molecule has 1 aromatic carbocycles. The van der Waals surface area contributed by atoms with Gasteiger partial charge >= 0.3 is 0 Å². The number of hydrogen-bond acceptors (Lipinski definition) is 3. The van der Waals surface area contributed by atoms with E-state index in [-0.39, 0.29) is 11.0 Å². The number of hydrogen-bond donors (Lipinski definition) is 1. The first kappa shape index (κ1) is 19.9.